The molecule has 0 amide bonds. The molecule has 2 rings (SSSR count). The van der Waals surface area contributed by atoms with Crippen LogP contribution in [0.5, 0.6) is 5.75 Å². The highest BCUT2D eigenvalue weighted by Gasteiger charge is 2.26. The van der Waals surface area contributed by atoms with E-state index in [-0.39, 0.29) is 5.75 Å². The highest BCUT2D eigenvalue weighted by Crippen LogP contribution is 2.30. The number of rotatable bonds is 2. The summed E-state index contributed by atoms with van der Waals surface area (Å²) in [5.41, 5.74) is 1.38. The van der Waals surface area contributed by atoms with Crippen LogP contribution in [0, 0.1) is 6.92 Å². The highest BCUT2D eigenvalue weighted by atomic mass is 32.2. The van der Waals surface area contributed by atoms with E-state index in [0.29, 0.717) is 16.4 Å². The van der Waals surface area contributed by atoms with Gasteiger partial charge in [0.05, 0.1) is 0 Å². The number of aliphatic imine (C=N–C) groups is 1. The molecule has 1 heterocycles. The standard InChI is InChI=1S/C11H11NO3S/c1-6-3-2-4-7(9(6)13)10-12-8(5-16-10)11(14)15/h2-4,8,13H,5H2,1H3,(H,14,15). The van der Waals surface area contributed by atoms with Crippen LogP contribution in [0.15, 0.2) is 23.2 Å². The Morgan fingerprint density at radius 3 is 2.94 bits per heavy atom. The van der Waals surface area contributed by atoms with Crippen molar-refractivity contribution < 1.29 is 15.0 Å². The molecule has 1 atom stereocenters. The van der Waals surface area contributed by atoms with Gasteiger partial charge in [0.15, 0.2) is 6.04 Å². The lowest BCUT2D eigenvalue weighted by Crippen LogP contribution is -2.17. The summed E-state index contributed by atoms with van der Waals surface area (Å²) >= 11 is 1.36. The van der Waals surface area contributed by atoms with Crippen molar-refractivity contribution in [1.82, 2.24) is 0 Å². The Morgan fingerprint density at radius 1 is 1.56 bits per heavy atom. The summed E-state index contributed by atoms with van der Waals surface area (Å²) in [7, 11) is 0. The number of aryl methyl sites for hydroxylation is 1. The number of thioether (sulfide) groups is 1. The lowest BCUT2D eigenvalue weighted by molar-refractivity contribution is -0.137. The fourth-order valence-corrected chi connectivity index (χ4v) is 2.53. The van der Waals surface area contributed by atoms with E-state index in [0.717, 1.165) is 5.56 Å². The second-order valence-corrected chi connectivity index (χ2v) is 4.58. The number of nitrogens with zero attached hydrogens (tertiary/aromatic N) is 1. The molecule has 0 saturated heterocycles. The molecule has 16 heavy (non-hydrogen) atoms. The number of carboxylic acid groups (broad SMARTS) is 1. The number of hydrogen-bond donors (Lipinski definition) is 2. The number of hydrogen-bond acceptors (Lipinski definition) is 4. The Balaban J connectivity index is 2.36. The summed E-state index contributed by atoms with van der Waals surface area (Å²) in [5, 5.41) is 19.3. The van der Waals surface area contributed by atoms with Gasteiger partial charge in [0.25, 0.3) is 0 Å². The van der Waals surface area contributed by atoms with Crippen molar-refractivity contribution in [2.24, 2.45) is 4.99 Å². The summed E-state index contributed by atoms with van der Waals surface area (Å²) in [6.45, 7) is 1.80. The van der Waals surface area contributed by atoms with E-state index >= 15 is 0 Å². The van der Waals surface area contributed by atoms with Gasteiger partial charge in [-0.3, -0.25) is 4.99 Å². The summed E-state index contributed by atoms with van der Waals surface area (Å²) < 4.78 is 0. The van der Waals surface area contributed by atoms with Gasteiger partial charge in [0.1, 0.15) is 10.8 Å². The van der Waals surface area contributed by atoms with Gasteiger partial charge in [0, 0.05) is 11.3 Å². The highest BCUT2D eigenvalue weighted by molar-refractivity contribution is 8.14. The van der Waals surface area contributed by atoms with Crippen molar-refractivity contribution in [2.75, 3.05) is 5.75 Å². The van der Waals surface area contributed by atoms with Gasteiger partial charge in [-0.15, -0.1) is 11.8 Å². The number of carbonyl (C=O) groups is 1. The Bertz CT molecular complexity index is 470. The number of aromatic hydroxyl groups is 1. The average molecular weight is 237 g/mol. The first-order valence-electron chi connectivity index (χ1n) is 4.82. The maximum Gasteiger partial charge on any atom is 0.329 e. The Kier molecular flexibility index (Phi) is 2.87. The first-order valence-corrected chi connectivity index (χ1v) is 5.80. The monoisotopic (exact) mass is 237 g/mol. The molecule has 1 aliphatic rings. The lowest BCUT2D eigenvalue weighted by atomic mass is 10.1. The van der Waals surface area contributed by atoms with Gasteiger partial charge in [-0.1, -0.05) is 12.1 Å². The van der Waals surface area contributed by atoms with Crippen molar-refractivity contribution in [3.8, 4) is 5.75 Å². The van der Waals surface area contributed by atoms with Gasteiger partial charge in [-0.2, -0.15) is 0 Å². The van der Waals surface area contributed by atoms with E-state index in [4.69, 9.17) is 5.11 Å². The predicted octanol–water partition coefficient (Wildman–Crippen LogP) is 1.65. The third kappa shape index (κ3) is 1.90. The van der Waals surface area contributed by atoms with E-state index in [1.54, 1.807) is 19.1 Å². The fraction of sp³-hybridized carbons (Fsp3) is 0.273. The largest absolute Gasteiger partial charge is 0.507 e. The van der Waals surface area contributed by atoms with E-state index < -0.39 is 12.0 Å². The maximum atomic E-state index is 10.7. The van der Waals surface area contributed by atoms with Crippen molar-refractivity contribution in [3.63, 3.8) is 0 Å². The number of carboxylic acids is 1. The first kappa shape index (κ1) is 11.0. The minimum Gasteiger partial charge on any atom is -0.507 e. The van der Waals surface area contributed by atoms with Crippen molar-refractivity contribution in [3.05, 3.63) is 29.3 Å². The second kappa shape index (κ2) is 4.17. The van der Waals surface area contributed by atoms with Crippen LogP contribution in [-0.2, 0) is 4.79 Å². The zero-order valence-electron chi connectivity index (χ0n) is 8.67. The molecule has 0 radical (unpaired) electrons. The lowest BCUT2D eigenvalue weighted by Gasteiger charge is -2.05. The third-order valence-corrected chi connectivity index (χ3v) is 3.49. The number of benzene rings is 1. The van der Waals surface area contributed by atoms with Crippen LogP contribution in [0.4, 0.5) is 0 Å². The Hall–Kier alpha value is -1.49. The van der Waals surface area contributed by atoms with Crippen LogP contribution >= 0.6 is 11.8 Å². The molecule has 2 N–H and O–H groups in total. The molecule has 0 fully saturated rings. The molecular formula is C11H11NO3S. The van der Waals surface area contributed by atoms with Crippen LogP contribution in [0.2, 0.25) is 0 Å². The zero-order valence-corrected chi connectivity index (χ0v) is 9.49. The van der Waals surface area contributed by atoms with E-state index in [9.17, 15) is 9.90 Å². The Labute approximate surface area is 97.0 Å². The molecule has 5 heteroatoms. The topological polar surface area (TPSA) is 69.9 Å². The van der Waals surface area contributed by atoms with Crippen molar-refractivity contribution in [1.29, 1.82) is 0 Å². The maximum absolute atomic E-state index is 10.7. The zero-order chi connectivity index (χ0) is 11.7. The van der Waals surface area contributed by atoms with Gasteiger partial charge >= 0.3 is 5.97 Å². The molecule has 4 nitrogen and oxygen atoms in total. The molecule has 0 bridgehead atoms. The summed E-state index contributed by atoms with van der Waals surface area (Å²) in [4.78, 5) is 14.8. The molecule has 1 aliphatic heterocycles. The van der Waals surface area contributed by atoms with Crippen molar-refractivity contribution >= 4 is 22.8 Å². The molecule has 1 aromatic rings. The van der Waals surface area contributed by atoms with Crippen molar-refractivity contribution in [2.45, 2.75) is 13.0 Å². The number of phenolic OH excluding ortho intramolecular Hbond substituents is 1. The SMILES string of the molecule is Cc1cccc(C2=NC(C(=O)O)CS2)c1O. The minimum atomic E-state index is -0.922. The van der Waals surface area contributed by atoms with E-state index in [1.165, 1.54) is 11.8 Å². The van der Waals surface area contributed by atoms with Gasteiger partial charge in [0.2, 0.25) is 0 Å². The molecule has 0 aliphatic carbocycles. The second-order valence-electron chi connectivity index (χ2n) is 3.57. The molecule has 0 saturated carbocycles. The number of aliphatic carboxylic acids is 1. The fourth-order valence-electron chi connectivity index (χ4n) is 1.48. The summed E-state index contributed by atoms with van der Waals surface area (Å²) in [6, 6.07) is 4.67. The van der Waals surface area contributed by atoms with Crippen LogP contribution in [0.3, 0.4) is 0 Å². The normalized spacial score (nSPS) is 19.6. The average Bonchev–Trinajstić information content (AvgIpc) is 2.71. The van der Waals surface area contributed by atoms with Crippen LogP contribution in [-0.4, -0.2) is 33.0 Å². The minimum absolute atomic E-state index is 0.180. The third-order valence-electron chi connectivity index (χ3n) is 2.40. The van der Waals surface area contributed by atoms with E-state index in [2.05, 4.69) is 4.99 Å². The van der Waals surface area contributed by atoms with E-state index in [1.807, 2.05) is 6.07 Å². The van der Waals surface area contributed by atoms with Gasteiger partial charge in [-0.05, 0) is 18.6 Å². The molecule has 84 valence electrons. The first-order chi connectivity index (χ1) is 7.59. The number of para-hydroxylation sites is 1. The molecule has 0 spiro atoms. The van der Waals surface area contributed by atoms with Gasteiger partial charge in [-0.25, -0.2) is 4.79 Å². The smallest absolute Gasteiger partial charge is 0.329 e. The number of phenols is 1. The molecule has 1 unspecified atom stereocenters. The summed E-state index contributed by atoms with van der Waals surface area (Å²) in [6.07, 6.45) is 0. The van der Waals surface area contributed by atoms with Crippen LogP contribution in [0.1, 0.15) is 11.1 Å². The van der Waals surface area contributed by atoms with Gasteiger partial charge < -0.3 is 10.2 Å². The molecule has 1 aromatic carbocycles. The quantitative estimate of drug-likeness (QED) is 0.820. The molecular weight excluding hydrogens is 226 g/mol. The van der Waals surface area contributed by atoms with Crippen LogP contribution < -0.4 is 0 Å². The Morgan fingerprint density at radius 2 is 2.31 bits per heavy atom. The summed E-state index contributed by atoms with van der Waals surface area (Å²) in [5.74, 6) is -0.313. The van der Waals surface area contributed by atoms with Crippen LogP contribution in [0.25, 0.3) is 0 Å². The molecule has 0 aromatic heterocycles. The predicted molar refractivity (Wildman–Crippen MR) is 63.3 cm³/mol.